The summed E-state index contributed by atoms with van der Waals surface area (Å²) in [5.41, 5.74) is 6.04. The minimum atomic E-state index is -3.95. The summed E-state index contributed by atoms with van der Waals surface area (Å²) in [6, 6.07) is 3.66. The highest BCUT2D eigenvalue weighted by Crippen LogP contribution is 2.25. The molecule has 108 valence electrons. The zero-order chi connectivity index (χ0) is 14.9. The zero-order valence-electron chi connectivity index (χ0n) is 11.1. The molecule has 2 aromatic rings. The number of benzene rings is 1. The van der Waals surface area contributed by atoms with Gasteiger partial charge in [0.25, 0.3) is 10.0 Å². The van der Waals surface area contributed by atoms with E-state index in [1.165, 1.54) is 16.8 Å². The maximum absolute atomic E-state index is 13.4. The second-order valence-corrected chi connectivity index (χ2v) is 5.92. The summed E-state index contributed by atoms with van der Waals surface area (Å²) in [6.07, 6.45) is 2.11. The molecule has 2 rings (SSSR count). The van der Waals surface area contributed by atoms with Crippen LogP contribution in [0, 0.1) is 5.82 Å². The summed E-state index contributed by atoms with van der Waals surface area (Å²) in [6.45, 7) is 1.86. The van der Waals surface area contributed by atoms with Crippen LogP contribution in [0.2, 0.25) is 0 Å². The van der Waals surface area contributed by atoms with Gasteiger partial charge in [0.1, 0.15) is 10.7 Å². The molecule has 0 spiro atoms. The molecule has 0 aliphatic carbocycles. The quantitative estimate of drug-likeness (QED) is 0.837. The van der Waals surface area contributed by atoms with Gasteiger partial charge in [-0.2, -0.15) is 5.10 Å². The van der Waals surface area contributed by atoms with Crippen molar-refractivity contribution in [3.63, 3.8) is 0 Å². The van der Waals surface area contributed by atoms with Crippen LogP contribution in [-0.2, 0) is 23.5 Å². The number of aryl methyl sites for hydroxylation is 2. The van der Waals surface area contributed by atoms with Crippen molar-refractivity contribution in [1.82, 2.24) is 9.78 Å². The summed E-state index contributed by atoms with van der Waals surface area (Å²) in [7, 11) is -2.27. The molecule has 1 heterocycles. The fourth-order valence-corrected chi connectivity index (χ4v) is 3.05. The molecule has 20 heavy (non-hydrogen) atoms. The van der Waals surface area contributed by atoms with Crippen molar-refractivity contribution >= 4 is 21.4 Å². The standard InChI is InChI=1S/C12H15FN4O2S/c1-3-9-10(7-17(2)15-9)16-20(18,19)11-6-4-5-8(13)12(11)14/h4-7,16H,3,14H2,1-2H3. The molecule has 0 atom stereocenters. The Morgan fingerprint density at radius 3 is 2.80 bits per heavy atom. The van der Waals surface area contributed by atoms with Gasteiger partial charge < -0.3 is 5.73 Å². The Bertz CT molecular complexity index is 740. The molecule has 0 amide bonds. The molecule has 0 saturated heterocycles. The summed E-state index contributed by atoms with van der Waals surface area (Å²) in [5, 5.41) is 4.13. The first-order valence-electron chi connectivity index (χ1n) is 5.94. The molecule has 0 saturated carbocycles. The van der Waals surface area contributed by atoms with Crippen LogP contribution in [0.1, 0.15) is 12.6 Å². The Labute approximate surface area is 116 Å². The predicted molar refractivity (Wildman–Crippen MR) is 74.2 cm³/mol. The van der Waals surface area contributed by atoms with E-state index in [0.29, 0.717) is 17.8 Å². The number of para-hydroxylation sites is 1. The molecule has 0 bridgehead atoms. The number of hydrogen-bond acceptors (Lipinski definition) is 4. The van der Waals surface area contributed by atoms with Crippen molar-refractivity contribution in [2.45, 2.75) is 18.2 Å². The first-order valence-corrected chi connectivity index (χ1v) is 7.42. The number of nitrogens with zero attached hydrogens (tertiary/aromatic N) is 2. The molecule has 0 fully saturated rings. The predicted octanol–water partition coefficient (Wildman–Crippen LogP) is 1.50. The number of hydrogen-bond donors (Lipinski definition) is 2. The van der Waals surface area contributed by atoms with E-state index >= 15 is 0 Å². The van der Waals surface area contributed by atoms with Crippen LogP contribution < -0.4 is 10.5 Å². The summed E-state index contributed by atoms with van der Waals surface area (Å²) >= 11 is 0. The summed E-state index contributed by atoms with van der Waals surface area (Å²) in [5.74, 6) is -0.769. The third-order valence-corrected chi connectivity index (χ3v) is 4.21. The van der Waals surface area contributed by atoms with Crippen LogP contribution in [0.5, 0.6) is 0 Å². The van der Waals surface area contributed by atoms with Crippen LogP contribution >= 0.6 is 0 Å². The van der Waals surface area contributed by atoms with Gasteiger partial charge in [-0.25, -0.2) is 12.8 Å². The number of anilines is 2. The summed E-state index contributed by atoms with van der Waals surface area (Å²) in [4.78, 5) is -0.289. The maximum atomic E-state index is 13.4. The SMILES string of the molecule is CCc1nn(C)cc1NS(=O)(=O)c1cccc(F)c1N. The van der Waals surface area contributed by atoms with Crippen LogP contribution in [0.15, 0.2) is 29.3 Å². The molecular weight excluding hydrogens is 283 g/mol. The van der Waals surface area contributed by atoms with Crippen molar-refractivity contribution in [2.75, 3.05) is 10.5 Å². The van der Waals surface area contributed by atoms with Gasteiger partial charge in [0.15, 0.2) is 0 Å². The average Bonchev–Trinajstić information content (AvgIpc) is 2.71. The number of halogens is 1. The third-order valence-electron chi connectivity index (χ3n) is 2.79. The van der Waals surface area contributed by atoms with Crippen LogP contribution in [0.4, 0.5) is 15.8 Å². The van der Waals surface area contributed by atoms with Gasteiger partial charge in [0, 0.05) is 13.2 Å². The van der Waals surface area contributed by atoms with Gasteiger partial charge in [-0.15, -0.1) is 0 Å². The number of nitrogens with two attached hydrogens (primary N) is 1. The first kappa shape index (κ1) is 14.3. The number of nitrogens with one attached hydrogen (secondary N) is 1. The molecule has 1 aromatic carbocycles. The Morgan fingerprint density at radius 1 is 1.45 bits per heavy atom. The van der Waals surface area contributed by atoms with Crippen molar-refractivity contribution in [2.24, 2.45) is 7.05 Å². The third kappa shape index (κ3) is 2.60. The highest BCUT2D eigenvalue weighted by Gasteiger charge is 2.21. The van der Waals surface area contributed by atoms with Crippen LogP contribution in [0.3, 0.4) is 0 Å². The van der Waals surface area contributed by atoms with E-state index in [4.69, 9.17) is 5.73 Å². The molecule has 0 unspecified atom stereocenters. The second kappa shape index (κ2) is 5.12. The lowest BCUT2D eigenvalue weighted by Crippen LogP contribution is -2.16. The Kier molecular flexibility index (Phi) is 3.67. The summed E-state index contributed by atoms with van der Waals surface area (Å²) < 4.78 is 41.8. The molecule has 6 nitrogen and oxygen atoms in total. The van der Waals surface area contributed by atoms with Gasteiger partial charge in [0.05, 0.1) is 17.1 Å². The van der Waals surface area contributed by atoms with Gasteiger partial charge in [-0.05, 0) is 18.6 Å². The van der Waals surface area contributed by atoms with Gasteiger partial charge in [-0.1, -0.05) is 13.0 Å². The maximum Gasteiger partial charge on any atom is 0.264 e. The molecule has 1 aromatic heterocycles. The van der Waals surface area contributed by atoms with E-state index in [-0.39, 0.29) is 4.90 Å². The molecule has 8 heteroatoms. The van der Waals surface area contributed by atoms with Crippen molar-refractivity contribution in [3.05, 3.63) is 35.9 Å². The van der Waals surface area contributed by atoms with Crippen LogP contribution in [-0.4, -0.2) is 18.2 Å². The zero-order valence-corrected chi connectivity index (χ0v) is 11.9. The largest absolute Gasteiger partial charge is 0.395 e. The second-order valence-electron chi connectivity index (χ2n) is 4.27. The van der Waals surface area contributed by atoms with E-state index in [0.717, 1.165) is 6.07 Å². The van der Waals surface area contributed by atoms with Gasteiger partial charge in [0.2, 0.25) is 0 Å². The number of rotatable bonds is 4. The molecule has 0 radical (unpaired) electrons. The number of nitrogen functional groups attached to an aromatic ring is 1. The van der Waals surface area contributed by atoms with Gasteiger partial charge in [-0.3, -0.25) is 9.40 Å². The highest BCUT2D eigenvalue weighted by atomic mass is 32.2. The fourth-order valence-electron chi connectivity index (χ4n) is 1.83. The topological polar surface area (TPSA) is 90.0 Å². The van der Waals surface area contributed by atoms with Crippen molar-refractivity contribution in [3.8, 4) is 0 Å². The first-order chi connectivity index (χ1) is 9.35. The minimum Gasteiger partial charge on any atom is -0.395 e. The lowest BCUT2D eigenvalue weighted by atomic mass is 10.3. The molecular formula is C12H15FN4O2S. The minimum absolute atomic E-state index is 0.289. The Balaban J connectivity index is 2.43. The Morgan fingerprint density at radius 2 is 2.15 bits per heavy atom. The lowest BCUT2D eigenvalue weighted by Gasteiger charge is -2.10. The van der Waals surface area contributed by atoms with Gasteiger partial charge >= 0.3 is 0 Å². The molecule has 0 aliphatic heterocycles. The van der Waals surface area contributed by atoms with Crippen molar-refractivity contribution < 1.29 is 12.8 Å². The van der Waals surface area contributed by atoms with E-state index in [1.807, 2.05) is 6.92 Å². The smallest absolute Gasteiger partial charge is 0.264 e. The highest BCUT2D eigenvalue weighted by molar-refractivity contribution is 7.92. The number of sulfonamides is 1. The van der Waals surface area contributed by atoms with E-state index < -0.39 is 21.5 Å². The fraction of sp³-hybridized carbons (Fsp3) is 0.250. The molecule has 0 aliphatic rings. The normalized spacial score (nSPS) is 11.6. The van der Waals surface area contributed by atoms with Crippen molar-refractivity contribution in [1.29, 1.82) is 0 Å². The van der Waals surface area contributed by atoms with E-state index in [9.17, 15) is 12.8 Å². The average molecular weight is 298 g/mol. The van der Waals surface area contributed by atoms with Crippen LogP contribution in [0.25, 0.3) is 0 Å². The van der Waals surface area contributed by atoms with E-state index in [1.54, 1.807) is 13.2 Å². The van der Waals surface area contributed by atoms with E-state index in [2.05, 4.69) is 9.82 Å². The monoisotopic (exact) mass is 298 g/mol. The number of aromatic nitrogens is 2. The Hall–Kier alpha value is -2.09. The lowest BCUT2D eigenvalue weighted by molar-refractivity contribution is 0.597. The molecule has 3 N–H and O–H groups in total.